The predicted molar refractivity (Wildman–Crippen MR) is 127 cm³/mol. The average Bonchev–Trinajstić information content (AvgIpc) is 2.97. The summed E-state index contributed by atoms with van der Waals surface area (Å²) in [5, 5.41) is -0.0707. The Morgan fingerprint density at radius 3 is 2.67 bits per heavy atom. The fourth-order valence-corrected chi connectivity index (χ4v) is 4.64. The zero-order valence-corrected chi connectivity index (χ0v) is 19.3. The van der Waals surface area contributed by atoms with Crippen molar-refractivity contribution in [2.24, 2.45) is 10.7 Å². The van der Waals surface area contributed by atoms with E-state index < -0.39 is 17.7 Å². The second kappa shape index (κ2) is 9.77. The lowest BCUT2D eigenvalue weighted by molar-refractivity contribution is 0.0499. The first-order valence-electron chi connectivity index (χ1n) is 10.4. The van der Waals surface area contributed by atoms with Crippen molar-refractivity contribution in [3.63, 3.8) is 0 Å². The molecular weight excluding hydrogens is 463 g/mol. The third kappa shape index (κ3) is 4.79. The highest BCUT2D eigenvalue weighted by atomic mass is 35.5. The van der Waals surface area contributed by atoms with Gasteiger partial charge in [0.2, 0.25) is 5.91 Å². The number of amides is 1. The van der Waals surface area contributed by atoms with Gasteiger partial charge in [0.05, 0.1) is 28.6 Å². The number of hydrogen-bond acceptors (Lipinski definition) is 5. The Morgan fingerprint density at radius 1 is 1.12 bits per heavy atom. The summed E-state index contributed by atoms with van der Waals surface area (Å²) in [6.07, 6.45) is 1.70. The van der Waals surface area contributed by atoms with Crippen LogP contribution in [0.4, 0.5) is 10.1 Å². The second-order valence-corrected chi connectivity index (χ2v) is 8.90. The van der Waals surface area contributed by atoms with Crippen LogP contribution in [0.3, 0.4) is 0 Å². The molecule has 0 saturated heterocycles. The molecule has 1 aliphatic rings. The minimum Gasteiger partial charge on any atom is -0.462 e. The molecule has 1 aliphatic heterocycles. The van der Waals surface area contributed by atoms with Gasteiger partial charge in [0, 0.05) is 26.5 Å². The van der Waals surface area contributed by atoms with Gasteiger partial charge in [-0.15, -0.1) is 0 Å². The Balaban J connectivity index is 1.89. The van der Waals surface area contributed by atoms with Crippen LogP contribution in [0.5, 0.6) is 0 Å². The van der Waals surface area contributed by atoms with Gasteiger partial charge in [-0.2, -0.15) is 0 Å². The first-order valence-corrected chi connectivity index (χ1v) is 11.5. The van der Waals surface area contributed by atoms with Crippen molar-refractivity contribution in [2.45, 2.75) is 29.6 Å². The number of aliphatic imine (C=N–C) groups is 1. The Labute approximate surface area is 199 Å². The Morgan fingerprint density at radius 2 is 1.94 bits per heavy atom. The minimum absolute atomic E-state index is 0.0707. The highest BCUT2D eigenvalue weighted by molar-refractivity contribution is 7.99. The number of benzene rings is 3. The molecule has 0 bridgehead atoms. The molecule has 3 aromatic carbocycles. The molecule has 0 spiro atoms. The van der Waals surface area contributed by atoms with E-state index in [1.54, 1.807) is 36.4 Å². The monoisotopic (exact) mass is 482 g/mol. The normalized spacial score (nSPS) is 12.3. The molecule has 1 amide bonds. The quantitative estimate of drug-likeness (QED) is 0.263. The minimum atomic E-state index is -0.612. The zero-order valence-electron chi connectivity index (χ0n) is 17.7. The maximum atomic E-state index is 13.9. The van der Waals surface area contributed by atoms with Gasteiger partial charge in [0.15, 0.2) is 0 Å². The summed E-state index contributed by atoms with van der Waals surface area (Å²) in [5.74, 6) is -1.61. The Kier molecular flexibility index (Phi) is 6.81. The molecule has 8 heteroatoms. The maximum Gasteiger partial charge on any atom is 0.338 e. The van der Waals surface area contributed by atoms with E-state index >= 15 is 0 Å². The molecule has 3 aromatic rings. The van der Waals surface area contributed by atoms with Gasteiger partial charge < -0.3 is 10.5 Å². The number of hydrogen-bond donors (Lipinski definition) is 1. The summed E-state index contributed by atoms with van der Waals surface area (Å²) < 4.78 is 19.2. The topological polar surface area (TPSA) is 81.8 Å². The maximum absolute atomic E-state index is 13.9. The fourth-order valence-electron chi connectivity index (χ4n) is 3.42. The van der Waals surface area contributed by atoms with Crippen molar-refractivity contribution in [1.82, 2.24) is 0 Å². The van der Waals surface area contributed by atoms with E-state index in [2.05, 4.69) is 0 Å². The molecule has 33 heavy (non-hydrogen) atoms. The van der Waals surface area contributed by atoms with Crippen molar-refractivity contribution < 1.29 is 18.7 Å². The summed E-state index contributed by atoms with van der Waals surface area (Å²) in [4.78, 5) is 31.1. The molecule has 0 aromatic heterocycles. The number of unbranched alkanes of at least 4 members (excludes halogenated alkanes) is 1. The predicted octanol–water partition coefficient (Wildman–Crippen LogP) is 6.17. The molecule has 0 atom stereocenters. The SMILES string of the molecule is CCCCOC(=O)c1ccc2c(c1)N=C(c1ccc(F)c(Cl)c1)c1c(cccc1C(N)=O)S2. The number of halogens is 2. The lowest BCUT2D eigenvalue weighted by Gasteiger charge is -2.13. The number of carbonyl (C=O) groups is 2. The number of nitrogens with two attached hydrogens (primary N) is 1. The van der Waals surface area contributed by atoms with Crippen LogP contribution in [0, 0.1) is 5.82 Å². The van der Waals surface area contributed by atoms with E-state index in [0.29, 0.717) is 34.7 Å². The van der Waals surface area contributed by atoms with E-state index in [1.807, 2.05) is 13.0 Å². The van der Waals surface area contributed by atoms with E-state index in [0.717, 1.165) is 22.6 Å². The molecule has 0 saturated carbocycles. The third-order valence-electron chi connectivity index (χ3n) is 5.10. The van der Waals surface area contributed by atoms with Crippen LogP contribution in [-0.4, -0.2) is 24.2 Å². The van der Waals surface area contributed by atoms with E-state index in [1.165, 1.54) is 23.9 Å². The van der Waals surface area contributed by atoms with Crippen LogP contribution < -0.4 is 5.73 Å². The zero-order chi connectivity index (χ0) is 23.5. The van der Waals surface area contributed by atoms with Crippen molar-refractivity contribution in [3.05, 3.63) is 87.7 Å². The number of primary amides is 1. The molecule has 0 radical (unpaired) electrons. The molecule has 168 valence electrons. The molecule has 0 fully saturated rings. The van der Waals surface area contributed by atoms with Gasteiger partial charge in [0.1, 0.15) is 5.82 Å². The van der Waals surface area contributed by atoms with Gasteiger partial charge in [-0.1, -0.05) is 42.8 Å². The lowest BCUT2D eigenvalue weighted by Crippen LogP contribution is -2.18. The van der Waals surface area contributed by atoms with Crippen LogP contribution >= 0.6 is 23.4 Å². The number of nitrogens with zero attached hydrogens (tertiary/aromatic N) is 1. The van der Waals surface area contributed by atoms with Gasteiger partial charge >= 0.3 is 5.97 Å². The summed E-state index contributed by atoms with van der Waals surface area (Å²) >= 11 is 7.44. The van der Waals surface area contributed by atoms with E-state index in [4.69, 9.17) is 27.1 Å². The lowest BCUT2D eigenvalue weighted by atomic mass is 9.96. The van der Waals surface area contributed by atoms with Crippen LogP contribution in [0.15, 0.2) is 69.4 Å². The molecule has 5 nitrogen and oxygen atoms in total. The largest absolute Gasteiger partial charge is 0.462 e. The van der Waals surface area contributed by atoms with E-state index in [9.17, 15) is 14.0 Å². The summed E-state index contributed by atoms with van der Waals surface area (Å²) in [6, 6.07) is 14.6. The molecule has 0 aliphatic carbocycles. The fraction of sp³-hybridized carbons (Fsp3) is 0.160. The van der Waals surface area contributed by atoms with Crippen molar-refractivity contribution in [1.29, 1.82) is 0 Å². The number of carbonyl (C=O) groups excluding carboxylic acids is 2. The van der Waals surface area contributed by atoms with Crippen molar-refractivity contribution >= 4 is 46.6 Å². The smallest absolute Gasteiger partial charge is 0.338 e. The number of rotatable bonds is 6. The molecule has 4 rings (SSSR count). The summed E-state index contributed by atoms with van der Waals surface area (Å²) in [7, 11) is 0. The van der Waals surface area contributed by atoms with Gasteiger partial charge in [-0.25, -0.2) is 14.2 Å². The summed E-state index contributed by atoms with van der Waals surface area (Å²) in [5.41, 5.74) is 8.28. The van der Waals surface area contributed by atoms with Gasteiger partial charge in [-0.3, -0.25) is 4.79 Å². The molecule has 1 heterocycles. The van der Waals surface area contributed by atoms with Crippen LogP contribution in [0.25, 0.3) is 0 Å². The summed E-state index contributed by atoms with van der Waals surface area (Å²) in [6.45, 7) is 2.36. The Hall–Kier alpha value is -3.16. The van der Waals surface area contributed by atoms with Crippen LogP contribution in [0.1, 0.15) is 51.6 Å². The standard InChI is InChI=1S/C25H20ClFN2O3S/c1-2-3-11-32-25(31)15-8-10-20-19(13-15)29-23(14-7-9-18(27)17(26)12-14)22-16(24(28)30)5-4-6-21(22)33-20/h4-10,12-13H,2-3,11H2,1H3,(H2,28,30). The van der Waals surface area contributed by atoms with Gasteiger partial charge in [-0.05, 0) is 55.0 Å². The molecule has 2 N–H and O–H groups in total. The second-order valence-electron chi connectivity index (χ2n) is 7.41. The van der Waals surface area contributed by atoms with Gasteiger partial charge in [0.25, 0.3) is 0 Å². The molecule has 0 unspecified atom stereocenters. The van der Waals surface area contributed by atoms with Crippen molar-refractivity contribution in [2.75, 3.05) is 6.61 Å². The Bertz CT molecular complexity index is 1290. The van der Waals surface area contributed by atoms with Crippen LogP contribution in [0.2, 0.25) is 5.02 Å². The number of fused-ring (bicyclic) bond motifs is 2. The highest BCUT2D eigenvalue weighted by Gasteiger charge is 2.25. The highest BCUT2D eigenvalue weighted by Crippen LogP contribution is 2.43. The van der Waals surface area contributed by atoms with E-state index in [-0.39, 0.29) is 10.6 Å². The van der Waals surface area contributed by atoms with Crippen LogP contribution in [-0.2, 0) is 4.74 Å². The van der Waals surface area contributed by atoms with Crippen molar-refractivity contribution in [3.8, 4) is 0 Å². The first-order chi connectivity index (χ1) is 15.9. The number of ether oxygens (including phenoxy) is 1. The number of esters is 1. The molecular formula is C25H20ClFN2O3S. The first kappa shape index (κ1) is 23.0. The third-order valence-corrected chi connectivity index (χ3v) is 6.51. The average molecular weight is 483 g/mol.